The topological polar surface area (TPSA) is 38.0 Å². The van der Waals surface area contributed by atoms with Crippen LogP contribution in [0.4, 0.5) is 0 Å². The largest absolute Gasteiger partial charge is 0.397 e. The van der Waals surface area contributed by atoms with Crippen LogP contribution in [0.2, 0.25) is 0 Å². The van der Waals surface area contributed by atoms with Gasteiger partial charge in [0, 0.05) is 17.9 Å². The van der Waals surface area contributed by atoms with Crippen LogP contribution < -0.4 is 11.1 Å². The Morgan fingerprint density at radius 1 is 1.60 bits per heavy atom. The summed E-state index contributed by atoms with van der Waals surface area (Å²) in [6.07, 6.45) is 3.39. The van der Waals surface area contributed by atoms with Crippen LogP contribution in [0.5, 0.6) is 0 Å². The summed E-state index contributed by atoms with van der Waals surface area (Å²) < 4.78 is 0. The molecule has 0 saturated heterocycles. The van der Waals surface area contributed by atoms with Crippen LogP contribution in [-0.4, -0.2) is 6.54 Å². The number of hydrogen-bond acceptors (Lipinski definition) is 2. The number of hydrogen-bond donors (Lipinski definition) is 2. The van der Waals surface area contributed by atoms with Gasteiger partial charge in [0.25, 0.3) is 0 Å². The van der Waals surface area contributed by atoms with Crippen LogP contribution in [0.15, 0.2) is 36.7 Å². The van der Waals surface area contributed by atoms with Crippen LogP contribution in [0, 0.1) is 0 Å². The van der Waals surface area contributed by atoms with Gasteiger partial charge in [0.05, 0.1) is 0 Å². The summed E-state index contributed by atoms with van der Waals surface area (Å²) >= 11 is 0. The minimum Gasteiger partial charge on any atom is -0.397 e. The van der Waals surface area contributed by atoms with Crippen molar-refractivity contribution in [3.8, 4) is 0 Å². The molecule has 10 heavy (non-hydrogen) atoms. The molecule has 3 N–H and O–H groups in total. The molecule has 0 rings (SSSR count). The second kappa shape index (κ2) is 4.68. The van der Waals surface area contributed by atoms with Crippen LogP contribution in [0.3, 0.4) is 0 Å². The fourth-order valence-corrected chi connectivity index (χ4v) is 0.480. The van der Waals surface area contributed by atoms with Crippen molar-refractivity contribution in [3.05, 3.63) is 36.7 Å². The van der Waals surface area contributed by atoms with E-state index in [1.54, 1.807) is 12.2 Å². The Balaban J connectivity index is 3.90. The van der Waals surface area contributed by atoms with Crippen molar-refractivity contribution in [2.75, 3.05) is 6.54 Å². The predicted octanol–water partition coefficient (Wildman–Crippen LogP) is 1.14. The van der Waals surface area contributed by atoms with Crippen molar-refractivity contribution in [2.45, 2.75) is 6.92 Å². The van der Waals surface area contributed by atoms with E-state index in [4.69, 9.17) is 5.73 Å². The fraction of sp³-hybridized carbons (Fsp3) is 0.250. The number of allylic oxidation sites excluding steroid dienone is 2. The summed E-state index contributed by atoms with van der Waals surface area (Å²) in [7, 11) is 0. The first-order chi connectivity index (χ1) is 4.72. The molecular formula is C8H14N2. The SMILES string of the molecule is C=CCN/C(C)=C(\N)C=C. The maximum Gasteiger partial charge on any atom is 0.0498 e. The molecule has 0 bridgehead atoms. The third kappa shape index (κ3) is 2.97. The molecule has 0 fully saturated rings. The average molecular weight is 138 g/mol. The Hall–Kier alpha value is -1.18. The van der Waals surface area contributed by atoms with Gasteiger partial charge >= 0.3 is 0 Å². The number of rotatable bonds is 4. The number of nitrogens with two attached hydrogens (primary N) is 1. The highest BCUT2D eigenvalue weighted by molar-refractivity contribution is 5.17. The second-order valence-corrected chi connectivity index (χ2v) is 1.95. The van der Waals surface area contributed by atoms with Gasteiger partial charge in [-0.15, -0.1) is 6.58 Å². The van der Waals surface area contributed by atoms with Gasteiger partial charge in [-0.1, -0.05) is 12.7 Å². The molecule has 0 aliphatic rings. The lowest BCUT2D eigenvalue weighted by Gasteiger charge is -2.04. The van der Waals surface area contributed by atoms with E-state index in [9.17, 15) is 0 Å². The van der Waals surface area contributed by atoms with Gasteiger partial charge in [0.15, 0.2) is 0 Å². The van der Waals surface area contributed by atoms with Crippen molar-refractivity contribution >= 4 is 0 Å². The third-order valence-electron chi connectivity index (χ3n) is 1.16. The van der Waals surface area contributed by atoms with Crippen LogP contribution in [0.1, 0.15) is 6.92 Å². The Labute approximate surface area is 62.1 Å². The van der Waals surface area contributed by atoms with Crippen molar-refractivity contribution in [1.82, 2.24) is 5.32 Å². The quantitative estimate of drug-likeness (QED) is 0.451. The average Bonchev–Trinajstić information content (AvgIpc) is 1.98. The van der Waals surface area contributed by atoms with E-state index >= 15 is 0 Å². The predicted molar refractivity (Wildman–Crippen MR) is 45.3 cm³/mol. The van der Waals surface area contributed by atoms with E-state index in [0.717, 1.165) is 12.2 Å². The lowest BCUT2D eigenvalue weighted by molar-refractivity contribution is 0.888. The van der Waals surface area contributed by atoms with Crippen LogP contribution in [0.25, 0.3) is 0 Å². The summed E-state index contributed by atoms with van der Waals surface area (Å²) in [6.45, 7) is 9.75. The Kier molecular flexibility index (Phi) is 4.12. The van der Waals surface area contributed by atoms with Crippen molar-refractivity contribution in [3.63, 3.8) is 0 Å². The molecule has 0 unspecified atom stereocenters. The van der Waals surface area contributed by atoms with Gasteiger partial charge in [-0.05, 0) is 13.0 Å². The summed E-state index contributed by atoms with van der Waals surface area (Å²) in [5.74, 6) is 0. The van der Waals surface area contributed by atoms with Crippen molar-refractivity contribution < 1.29 is 0 Å². The highest BCUT2D eigenvalue weighted by Crippen LogP contribution is 1.92. The summed E-state index contributed by atoms with van der Waals surface area (Å²) in [5, 5.41) is 3.05. The molecule has 2 nitrogen and oxygen atoms in total. The second-order valence-electron chi connectivity index (χ2n) is 1.95. The maximum absolute atomic E-state index is 5.52. The van der Waals surface area contributed by atoms with E-state index < -0.39 is 0 Å². The Morgan fingerprint density at radius 2 is 2.20 bits per heavy atom. The van der Waals surface area contributed by atoms with Gasteiger partial charge in [0.2, 0.25) is 0 Å². The third-order valence-corrected chi connectivity index (χ3v) is 1.16. The summed E-state index contributed by atoms with van der Waals surface area (Å²) in [6, 6.07) is 0. The highest BCUT2D eigenvalue weighted by atomic mass is 14.9. The monoisotopic (exact) mass is 138 g/mol. The summed E-state index contributed by atoms with van der Waals surface area (Å²) in [5.41, 5.74) is 7.14. The fourth-order valence-electron chi connectivity index (χ4n) is 0.480. The molecule has 0 spiro atoms. The van der Waals surface area contributed by atoms with E-state index in [-0.39, 0.29) is 0 Å². The zero-order valence-electron chi connectivity index (χ0n) is 6.35. The van der Waals surface area contributed by atoms with E-state index in [0.29, 0.717) is 5.70 Å². The smallest absolute Gasteiger partial charge is 0.0498 e. The molecule has 0 aliphatic carbocycles. The molecular weight excluding hydrogens is 124 g/mol. The lowest BCUT2D eigenvalue weighted by atomic mass is 10.3. The van der Waals surface area contributed by atoms with Gasteiger partial charge in [-0.25, -0.2) is 0 Å². The van der Waals surface area contributed by atoms with E-state index in [1.807, 2.05) is 6.92 Å². The standard InChI is InChI=1S/C8H14N2/c1-4-6-10-7(3)8(9)5-2/h4-5,10H,1-2,6,9H2,3H3/b8-7-. The molecule has 0 aromatic rings. The molecule has 0 aliphatic heterocycles. The molecule has 0 heterocycles. The molecule has 0 radical (unpaired) electrons. The lowest BCUT2D eigenvalue weighted by Crippen LogP contribution is -2.14. The first-order valence-electron chi connectivity index (χ1n) is 3.16. The zero-order valence-corrected chi connectivity index (χ0v) is 6.35. The van der Waals surface area contributed by atoms with E-state index in [2.05, 4.69) is 18.5 Å². The van der Waals surface area contributed by atoms with E-state index in [1.165, 1.54) is 0 Å². The minimum atomic E-state index is 0.682. The molecule has 0 aromatic carbocycles. The van der Waals surface area contributed by atoms with Gasteiger partial charge in [-0.3, -0.25) is 0 Å². The first-order valence-corrected chi connectivity index (χ1v) is 3.16. The van der Waals surface area contributed by atoms with Crippen molar-refractivity contribution in [1.29, 1.82) is 0 Å². The first kappa shape index (κ1) is 8.82. The zero-order chi connectivity index (χ0) is 7.98. The normalized spacial score (nSPS) is 11.7. The Morgan fingerprint density at radius 3 is 2.60 bits per heavy atom. The van der Waals surface area contributed by atoms with Gasteiger partial charge in [0.1, 0.15) is 0 Å². The number of nitrogens with one attached hydrogen (secondary N) is 1. The van der Waals surface area contributed by atoms with Crippen LogP contribution >= 0.6 is 0 Å². The van der Waals surface area contributed by atoms with Crippen molar-refractivity contribution in [2.24, 2.45) is 5.73 Å². The molecule has 0 amide bonds. The van der Waals surface area contributed by atoms with Gasteiger partial charge in [-0.2, -0.15) is 0 Å². The van der Waals surface area contributed by atoms with Crippen LogP contribution in [-0.2, 0) is 0 Å². The maximum atomic E-state index is 5.52. The molecule has 0 saturated carbocycles. The minimum absolute atomic E-state index is 0.682. The molecule has 0 aromatic heterocycles. The molecule has 0 atom stereocenters. The highest BCUT2D eigenvalue weighted by Gasteiger charge is 1.88. The molecule has 2 heteroatoms. The summed E-state index contributed by atoms with van der Waals surface area (Å²) in [4.78, 5) is 0. The Bertz CT molecular complexity index is 157. The van der Waals surface area contributed by atoms with Gasteiger partial charge < -0.3 is 11.1 Å². The molecule has 56 valence electrons.